The van der Waals surface area contributed by atoms with Crippen molar-refractivity contribution in [1.82, 2.24) is 0 Å². The highest BCUT2D eigenvalue weighted by atomic mass is 16.6. The third-order valence-electron chi connectivity index (χ3n) is 14.3. The molecule has 470 valence electrons. The fourth-order valence-corrected chi connectivity index (χ4v) is 9.23. The van der Waals surface area contributed by atoms with Gasteiger partial charge in [0.1, 0.15) is 13.2 Å². The number of carbonyl (C=O) groups excluding carboxylic acids is 3. The van der Waals surface area contributed by atoms with Gasteiger partial charge in [-0.15, -0.1) is 0 Å². The standard InChI is InChI=1S/C77H126O6/c1-4-7-10-13-16-19-22-25-28-30-31-32-33-34-35-36-37-38-39-40-41-42-43-44-45-47-49-52-55-58-61-64-67-70-76(79)82-73-74(72-81-75(78)69-66-63-60-57-54-51-48-27-24-21-18-15-12-9-6-3)83-77(80)71-68-65-62-59-56-53-50-46-29-26-23-20-17-14-11-8-5-2/h7-8,10-11,16-17,19-20,25-29,31-32,34-35,37-38,40-41,48,50,53,74H,4-6,9,12-15,18,21-24,30,33,36,39,42-47,49,51-52,54-73H2,1-3H3/b10-7-,11-8-,19-16-,20-17-,28-25-,29-26-,32-31-,35-34-,38-37-,41-40-,48-27-,53-50-. The van der Waals surface area contributed by atoms with Crippen molar-refractivity contribution in [1.29, 1.82) is 0 Å². The second-order valence-electron chi connectivity index (χ2n) is 22.3. The lowest BCUT2D eigenvalue weighted by molar-refractivity contribution is -0.167. The van der Waals surface area contributed by atoms with E-state index in [4.69, 9.17) is 14.2 Å². The summed E-state index contributed by atoms with van der Waals surface area (Å²) in [5.74, 6) is -0.926. The molecule has 0 N–H and O–H groups in total. The number of rotatable bonds is 61. The normalized spacial score (nSPS) is 13.0. The Labute approximate surface area is 512 Å². The Hall–Kier alpha value is -4.71. The first kappa shape index (κ1) is 78.3. The topological polar surface area (TPSA) is 78.9 Å². The molecule has 0 amide bonds. The van der Waals surface area contributed by atoms with E-state index in [-0.39, 0.29) is 31.1 Å². The molecule has 0 aromatic heterocycles. The molecular weight excluding hydrogens is 1020 g/mol. The van der Waals surface area contributed by atoms with Gasteiger partial charge in [-0.25, -0.2) is 0 Å². The molecule has 0 aromatic carbocycles. The van der Waals surface area contributed by atoms with Gasteiger partial charge in [-0.05, 0) is 141 Å². The van der Waals surface area contributed by atoms with Gasteiger partial charge in [0, 0.05) is 19.3 Å². The molecule has 0 rings (SSSR count). The molecular formula is C77H126O6. The first-order valence-electron chi connectivity index (χ1n) is 34.3. The van der Waals surface area contributed by atoms with E-state index in [2.05, 4.69) is 167 Å². The molecule has 83 heavy (non-hydrogen) atoms. The van der Waals surface area contributed by atoms with Crippen LogP contribution in [0, 0.1) is 0 Å². The summed E-state index contributed by atoms with van der Waals surface area (Å²) in [6, 6.07) is 0. The van der Waals surface area contributed by atoms with Crippen LogP contribution in [0.3, 0.4) is 0 Å². The molecule has 0 fully saturated rings. The second kappa shape index (κ2) is 69.8. The predicted octanol–water partition coefficient (Wildman–Crippen LogP) is 23.9. The lowest BCUT2D eigenvalue weighted by Crippen LogP contribution is -2.30. The summed E-state index contributed by atoms with van der Waals surface area (Å²) < 4.78 is 16.9. The van der Waals surface area contributed by atoms with Crippen LogP contribution in [0.25, 0.3) is 0 Å². The Morgan fingerprint density at radius 2 is 0.470 bits per heavy atom. The van der Waals surface area contributed by atoms with E-state index in [0.29, 0.717) is 19.3 Å². The van der Waals surface area contributed by atoms with Crippen molar-refractivity contribution in [3.05, 3.63) is 146 Å². The Balaban J connectivity index is 4.31. The fraction of sp³-hybridized carbons (Fsp3) is 0.649. The van der Waals surface area contributed by atoms with Crippen molar-refractivity contribution in [3.8, 4) is 0 Å². The number of allylic oxidation sites excluding steroid dienone is 24. The number of ether oxygens (including phenoxy) is 3. The minimum atomic E-state index is -0.802. The predicted molar refractivity (Wildman–Crippen MR) is 362 cm³/mol. The van der Waals surface area contributed by atoms with Crippen molar-refractivity contribution in [2.75, 3.05) is 13.2 Å². The van der Waals surface area contributed by atoms with Gasteiger partial charge in [-0.2, -0.15) is 0 Å². The average molecular weight is 1150 g/mol. The van der Waals surface area contributed by atoms with E-state index in [9.17, 15) is 14.4 Å². The highest BCUT2D eigenvalue weighted by molar-refractivity contribution is 5.71. The number of esters is 3. The summed E-state index contributed by atoms with van der Waals surface area (Å²) in [7, 11) is 0. The molecule has 1 unspecified atom stereocenters. The summed E-state index contributed by atoms with van der Waals surface area (Å²) in [5, 5.41) is 0. The Morgan fingerprint density at radius 1 is 0.253 bits per heavy atom. The van der Waals surface area contributed by atoms with Gasteiger partial charge < -0.3 is 14.2 Å². The lowest BCUT2D eigenvalue weighted by Gasteiger charge is -2.18. The van der Waals surface area contributed by atoms with Gasteiger partial charge in [0.2, 0.25) is 0 Å². The SMILES string of the molecule is CC/C=C\C/C=C\C/C=C\C/C=C\C/C=C\C/C=C\C/C=C\CCCCCCCCCCCCCC(=O)OCC(COC(=O)CCCCCCC/C=C\CCCCCCCC)OC(=O)CCCCCC/C=C\C/C=C\C/C=C\C/C=C\CC. The van der Waals surface area contributed by atoms with Crippen LogP contribution in [-0.2, 0) is 28.6 Å². The molecule has 6 heteroatoms. The maximum Gasteiger partial charge on any atom is 0.306 e. The third-order valence-corrected chi connectivity index (χ3v) is 14.3. The van der Waals surface area contributed by atoms with Crippen LogP contribution in [-0.4, -0.2) is 37.2 Å². The Bertz CT molecular complexity index is 1800. The second-order valence-corrected chi connectivity index (χ2v) is 22.3. The fourth-order valence-electron chi connectivity index (χ4n) is 9.23. The molecule has 0 saturated heterocycles. The zero-order chi connectivity index (χ0) is 59.9. The van der Waals surface area contributed by atoms with E-state index in [1.807, 2.05) is 0 Å². The highest BCUT2D eigenvalue weighted by Gasteiger charge is 2.19. The number of hydrogen-bond donors (Lipinski definition) is 0. The van der Waals surface area contributed by atoms with Crippen molar-refractivity contribution in [3.63, 3.8) is 0 Å². The molecule has 0 saturated carbocycles. The summed E-state index contributed by atoms with van der Waals surface area (Å²) >= 11 is 0. The summed E-state index contributed by atoms with van der Waals surface area (Å²) in [6.07, 6.45) is 100. The molecule has 0 aliphatic carbocycles. The maximum absolute atomic E-state index is 12.9. The third kappa shape index (κ3) is 68.0. The summed E-state index contributed by atoms with van der Waals surface area (Å²) in [4.78, 5) is 38.4. The Morgan fingerprint density at radius 3 is 0.747 bits per heavy atom. The highest BCUT2D eigenvalue weighted by Crippen LogP contribution is 2.16. The van der Waals surface area contributed by atoms with Crippen LogP contribution in [0.4, 0.5) is 0 Å². The first-order chi connectivity index (χ1) is 41.0. The zero-order valence-electron chi connectivity index (χ0n) is 53.9. The van der Waals surface area contributed by atoms with E-state index in [1.165, 1.54) is 116 Å². The molecule has 0 aliphatic rings. The zero-order valence-corrected chi connectivity index (χ0v) is 53.9. The molecule has 0 aliphatic heterocycles. The first-order valence-corrected chi connectivity index (χ1v) is 34.3. The molecule has 0 aromatic rings. The molecule has 0 spiro atoms. The van der Waals surface area contributed by atoms with E-state index in [0.717, 1.165) is 148 Å². The van der Waals surface area contributed by atoms with Crippen LogP contribution in [0.5, 0.6) is 0 Å². The van der Waals surface area contributed by atoms with Crippen LogP contribution in [0.2, 0.25) is 0 Å². The van der Waals surface area contributed by atoms with Gasteiger partial charge in [0.25, 0.3) is 0 Å². The van der Waals surface area contributed by atoms with Gasteiger partial charge in [-0.1, -0.05) is 289 Å². The molecule has 0 radical (unpaired) electrons. The van der Waals surface area contributed by atoms with Gasteiger partial charge in [0.05, 0.1) is 0 Å². The van der Waals surface area contributed by atoms with Crippen molar-refractivity contribution < 1.29 is 28.6 Å². The smallest absolute Gasteiger partial charge is 0.306 e. The minimum Gasteiger partial charge on any atom is -0.462 e. The quantitative estimate of drug-likeness (QED) is 0.0261. The Kier molecular flexibility index (Phi) is 65.8. The van der Waals surface area contributed by atoms with E-state index >= 15 is 0 Å². The van der Waals surface area contributed by atoms with E-state index < -0.39 is 6.10 Å². The van der Waals surface area contributed by atoms with E-state index in [1.54, 1.807) is 0 Å². The van der Waals surface area contributed by atoms with Gasteiger partial charge >= 0.3 is 17.9 Å². The molecule has 0 heterocycles. The minimum absolute atomic E-state index is 0.0953. The summed E-state index contributed by atoms with van der Waals surface area (Å²) in [6.45, 7) is 6.39. The van der Waals surface area contributed by atoms with Crippen LogP contribution in [0.1, 0.15) is 303 Å². The number of unbranched alkanes of at least 4 members (excludes halogenated alkanes) is 26. The number of carbonyl (C=O) groups is 3. The number of hydrogen-bond acceptors (Lipinski definition) is 6. The average Bonchev–Trinajstić information content (AvgIpc) is 3.49. The van der Waals surface area contributed by atoms with Crippen LogP contribution in [0.15, 0.2) is 146 Å². The summed E-state index contributed by atoms with van der Waals surface area (Å²) in [5.41, 5.74) is 0. The molecule has 0 bridgehead atoms. The van der Waals surface area contributed by atoms with Crippen molar-refractivity contribution in [2.24, 2.45) is 0 Å². The van der Waals surface area contributed by atoms with Crippen LogP contribution < -0.4 is 0 Å². The molecule has 1 atom stereocenters. The largest absolute Gasteiger partial charge is 0.462 e. The monoisotopic (exact) mass is 1150 g/mol. The lowest BCUT2D eigenvalue weighted by atomic mass is 10.0. The van der Waals surface area contributed by atoms with Gasteiger partial charge in [-0.3, -0.25) is 14.4 Å². The van der Waals surface area contributed by atoms with Gasteiger partial charge in [0.15, 0.2) is 6.10 Å². The van der Waals surface area contributed by atoms with Crippen molar-refractivity contribution >= 4 is 17.9 Å². The maximum atomic E-state index is 12.9. The molecule has 6 nitrogen and oxygen atoms in total. The van der Waals surface area contributed by atoms with Crippen LogP contribution >= 0.6 is 0 Å². The van der Waals surface area contributed by atoms with Crippen molar-refractivity contribution in [2.45, 2.75) is 309 Å².